The third-order valence-electron chi connectivity index (χ3n) is 3.40. The number of carbonyl (C=O) groups is 1. The van der Waals surface area contributed by atoms with Crippen LogP contribution in [0, 0.1) is 5.82 Å². The van der Waals surface area contributed by atoms with Gasteiger partial charge in [-0.25, -0.2) is 9.18 Å². The molecule has 0 spiro atoms. The summed E-state index contributed by atoms with van der Waals surface area (Å²) in [5.41, 5.74) is 7.12. The number of halogens is 2. The molecule has 4 nitrogen and oxygen atoms in total. The Morgan fingerprint density at radius 1 is 1.33 bits per heavy atom. The lowest BCUT2D eigenvalue weighted by Crippen LogP contribution is -2.07. The highest BCUT2D eigenvalue weighted by Gasteiger charge is 2.21. The minimum Gasteiger partial charge on any atom is -0.462 e. The van der Waals surface area contributed by atoms with Gasteiger partial charge in [-0.05, 0) is 37.3 Å². The molecule has 3 N–H and O–H groups in total. The molecule has 1 aromatic heterocycles. The number of hydrogen-bond acceptors (Lipinski definition) is 5. The molecule has 0 amide bonds. The Kier molecular flexibility index (Phi) is 4.73. The third kappa shape index (κ3) is 3.22. The summed E-state index contributed by atoms with van der Waals surface area (Å²) in [5, 5.41) is 4.41. The van der Waals surface area contributed by atoms with Gasteiger partial charge in [0, 0.05) is 14.6 Å². The molecule has 0 radical (unpaired) electrons. The molecule has 0 aliphatic heterocycles. The summed E-state index contributed by atoms with van der Waals surface area (Å²) in [6, 6.07) is 9.69. The summed E-state index contributed by atoms with van der Waals surface area (Å²) < 4.78 is 20.5. The zero-order valence-corrected chi connectivity index (χ0v) is 15.1. The molecule has 0 unspecified atom stereocenters. The maximum atomic E-state index is 13.5. The highest BCUT2D eigenvalue weighted by molar-refractivity contribution is 9.10. The first-order valence-corrected chi connectivity index (χ1v) is 8.81. The van der Waals surface area contributed by atoms with Crippen molar-refractivity contribution in [2.75, 3.05) is 17.7 Å². The van der Waals surface area contributed by atoms with Crippen molar-refractivity contribution in [1.29, 1.82) is 0 Å². The molecule has 3 aromatic rings. The van der Waals surface area contributed by atoms with Gasteiger partial charge in [-0.2, -0.15) is 0 Å². The van der Waals surface area contributed by atoms with Crippen LogP contribution in [0.15, 0.2) is 40.9 Å². The molecule has 0 saturated carbocycles. The van der Waals surface area contributed by atoms with E-state index in [0.717, 1.165) is 14.6 Å². The molecule has 0 saturated heterocycles. The largest absolute Gasteiger partial charge is 0.462 e. The average molecular weight is 409 g/mol. The number of esters is 1. The van der Waals surface area contributed by atoms with Crippen molar-refractivity contribution >= 4 is 59.7 Å². The third-order valence-corrected chi connectivity index (χ3v) is 4.96. The first-order chi connectivity index (χ1) is 11.5. The molecule has 0 bridgehead atoms. The van der Waals surface area contributed by atoms with E-state index in [-0.39, 0.29) is 6.61 Å². The minimum atomic E-state index is -0.427. The summed E-state index contributed by atoms with van der Waals surface area (Å²) in [6.07, 6.45) is 0. The number of nitrogens with two attached hydrogens (primary N) is 1. The molecule has 0 aliphatic rings. The zero-order valence-electron chi connectivity index (χ0n) is 12.7. The van der Waals surface area contributed by atoms with Gasteiger partial charge >= 0.3 is 5.97 Å². The van der Waals surface area contributed by atoms with E-state index in [2.05, 4.69) is 21.2 Å². The Bertz CT molecular complexity index is 926. The van der Waals surface area contributed by atoms with Crippen molar-refractivity contribution < 1.29 is 13.9 Å². The lowest BCUT2D eigenvalue weighted by atomic mass is 10.1. The molecule has 24 heavy (non-hydrogen) atoms. The van der Waals surface area contributed by atoms with E-state index in [0.29, 0.717) is 21.9 Å². The van der Waals surface area contributed by atoms with Gasteiger partial charge in [0.25, 0.3) is 0 Å². The van der Waals surface area contributed by atoms with Crippen molar-refractivity contribution in [1.82, 2.24) is 0 Å². The number of rotatable bonds is 4. The van der Waals surface area contributed by atoms with Crippen molar-refractivity contribution in [3.05, 3.63) is 52.3 Å². The van der Waals surface area contributed by atoms with Gasteiger partial charge < -0.3 is 15.8 Å². The molecule has 3 rings (SSSR count). The van der Waals surface area contributed by atoms with Crippen LogP contribution in [0.5, 0.6) is 0 Å². The number of nitrogens with one attached hydrogen (secondary N) is 1. The van der Waals surface area contributed by atoms with E-state index < -0.39 is 11.8 Å². The molecular weight excluding hydrogens is 395 g/mol. The van der Waals surface area contributed by atoms with Gasteiger partial charge in [0.15, 0.2) is 0 Å². The fourth-order valence-corrected chi connectivity index (χ4v) is 3.98. The van der Waals surface area contributed by atoms with Crippen LogP contribution in [0.3, 0.4) is 0 Å². The van der Waals surface area contributed by atoms with Crippen LogP contribution >= 0.6 is 27.3 Å². The predicted octanol–water partition coefficient (Wildman–Crippen LogP) is 5.31. The topological polar surface area (TPSA) is 64.3 Å². The Morgan fingerprint density at radius 3 is 2.88 bits per heavy atom. The lowest BCUT2D eigenvalue weighted by Gasteiger charge is -2.10. The lowest BCUT2D eigenvalue weighted by molar-refractivity contribution is 0.0530. The smallest absolute Gasteiger partial charge is 0.341 e. The second-order valence-corrected chi connectivity index (χ2v) is 6.99. The molecule has 0 aliphatic carbocycles. The van der Waals surface area contributed by atoms with Crippen LogP contribution in [0.25, 0.3) is 10.1 Å². The van der Waals surface area contributed by atoms with Gasteiger partial charge in [-0.1, -0.05) is 22.0 Å². The quantitative estimate of drug-likeness (QED) is 0.453. The molecule has 7 heteroatoms. The molecule has 1 heterocycles. The molecule has 2 aromatic carbocycles. The minimum absolute atomic E-state index is 0.272. The molecule has 124 valence electrons. The highest BCUT2D eigenvalue weighted by atomic mass is 79.9. The normalized spacial score (nSPS) is 10.8. The Morgan fingerprint density at radius 2 is 2.12 bits per heavy atom. The van der Waals surface area contributed by atoms with E-state index in [9.17, 15) is 9.18 Å². The number of ether oxygens (including phenoxy) is 1. The fraction of sp³-hybridized carbons (Fsp3) is 0.118. The average Bonchev–Trinajstić information content (AvgIpc) is 2.88. The second kappa shape index (κ2) is 6.78. The van der Waals surface area contributed by atoms with Gasteiger partial charge in [0.2, 0.25) is 0 Å². The van der Waals surface area contributed by atoms with Gasteiger partial charge in [0.1, 0.15) is 16.4 Å². The SMILES string of the molecule is CCOC(=O)c1c(Nc2cc(F)ccc2N)sc2cc(Br)ccc12. The van der Waals surface area contributed by atoms with E-state index in [1.807, 2.05) is 18.2 Å². The van der Waals surface area contributed by atoms with Gasteiger partial charge in [-0.3, -0.25) is 0 Å². The molecule has 0 fully saturated rings. The predicted molar refractivity (Wildman–Crippen MR) is 99.6 cm³/mol. The Labute approximate surface area is 150 Å². The summed E-state index contributed by atoms with van der Waals surface area (Å²) in [7, 11) is 0. The maximum absolute atomic E-state index is 13.5. The van der Waals surface area contributed by atoms with Gasteiger partial charge in [0.05, 0.1) is 18.0 Å². The van der Waals surface area contributed by atoms with Crippen molar-refractivity contribution in [2.45, 2.75) is 6.92 Å². The Hall–Kier alpha value is -2.12. The fourth-order valence-electron chi connectivity index (χ4n) is 2.32. The van der Waals surface area contributed by atoms with Gasteiger partial charge in [-0.15, -0.1) is 11.3 Å². The molecular formula is C17H14BrFN2O2S. The summed E-state index contributed by atoms with van der Waals surface area (Å²) in [4.78, 5) is 12.4. The number of anilines is 3. The Balaban J connectivity index is 2.13. The number of hydrogen-bond donors (Lipinski definition) is 2. The number of fused-ring (bicyclic) bond motifs is 1. The van der Waals surface area contributed by atoms with Crippen LogP contribution < -0.4 is 11.1 Å². The highest BCUT2D eigenvalue weighted by Crippen LogP contribution is 2.40. The number of thiophene rings is 1. The van der Waals surface area contributed by atoms with Crippen LogP contribution in [0.1, 0.15) is 17.3 Å². The van der Waals surface area contributed by atoms with E-state index in [1.165, 1.54) is 29.5 Å². The van der Waals surface area contributed by atoms with Crippen LogP contribution in [0.4, 0.5) is 20.8 Å². The monoisotopic (exact) mass is 408 g/mol. The number of nitrogen functional groups attached to an aromatic ring is 1. The van der Waals surface area contributed by atoms with Crippen LogP contribution in [-0.2, 0) is 4.74 Å². The van der Waals surface area contributed by atoms with Crippen molar-refractivity contribution in [2.24, 2.45) is 0 Å². The van der Waals surface area contributed by atoms with E-state index >= 15 is 0 Å². The number of carbonyl (C=O) groups excluding carboxylic acids is 1. The van der Waals surface area contributed by atoms with Crippen molar-refractivity contribution in [3.8, 4) is 0 Å². The first-order valence-electron chi connectivity index (χ1n) is 7.20. The maximum Gasteiger partial charge on any atom is 0.341 e. The van der Waals surface area contributed by atoms with E-state index in [4.69, 9.17) is 10.5 Å². The summed E-state index contributed by atoms with van der Waals surface area (Å²) in [6.45, 7) is 2.02. The zero-order chi connectivity index (χ0) is 17.3. The summed E-state index contributed by atoms with van der Waals surface area (Å²) >= 11 is 4.80. The number of benzene rings is 2. The van der Waals surface area contributed by atoms with Crippen LogP contribution in [-0.4, -0.2) is 12.6 Å². The van der Waals surface area contributed by atoms with Crippen LogP contribution in [0.2, 0.25) is 0 Å². The first kappa shape index (κ1) is 16.7. The summed E-state index contributed by atoms with van der Waals surface area (Å²) in [5.74, 6) is -0.836. The molecule has 0 atom stereocenters. The van der Waals surface area contributed by atoms with E-state index in [1.54, 1.807) is 6.92 Å². The van der Waals surface area contributed by atoms with Crippen molar-refractivity contribution in [3.63, 3.8) is 0 Å². The standard InChI is InChI=1S/C17H14BrFN2O2S/c1-2-23-17(22)15-11-5-3-9(18)7-14(11)24-16(15)21-13-8-10(19)4-6-12(13)20/h3-8,21H,2,20H2,1H3. The second-order valence-electron chi connectivity index (χ2n) is 5.02.